The minimum Gasteiger partial charge on any atom is -0.481 e. The fourth-order valence-corrected chi connectivity index (χ4v) is 3.07. The Bertz CT molecular complexity index is 845. The van der Waals surface area contributed by atoms with Gasteiger partial charge in [0.15, 0.2) is 0 Å². The SMILES string of the molecule is COc1ccc2cc(NC(=O)NCc3sccc3C)ccc2n1. The summed E-state index contributed by atoms with van der Waals surface area (Å²) in [6, 6.07) is 11.1. The highest BCUT2D eigenvalue weighted by atomic mass is 32.1. The summed E-state index contributed by atoms with van der Waals surface area (Å²) < 4.78 is 5.10. The van der Waals surface area contributed by atoms with Gasteiger partial charge >= 0.3 is 6.03 Å². The van der Waals surface area contributed by atoms with Gasteiger partial charge in [-0.2, -0.15) is 0 Å². The van der Waals surface area contributed by atoms with E-state index in [-0.39, 0.29) is 6.03 Å². The van der Waals surface area contributed by atoms with Crippen LogP contribution in [0.2, 0.25) is 0 Å². The molecule has 0 bridgehead atoms. The highest BCUT2D eigenvalue weighted by Crippen LogP contribution is 2.20. The molecule has 3 rings (SSSR count). The van der Waals surface area contributed by atoms with Crippen molar-refractivity contribution < 1.29 is 9.53 Å². The highest BCUT2D eigenvalue weighted by molar-refractivity contribution is 7.10. The average Bonchev–Trinajstić information content (AvgIpc) is 2.97. The van der Waals surface area contributed by atoms with Gasteiger partial charge in [0.05, 0.1) is 19.2 Å². The minimum atomic E-state index is -0.223. The smallest absolute Gasteiger partial charge is 0.319 e. The fraction of sp³-hybridized carbons (Fsp3) is 0.176. The summed E-state index contributed by atoms with van der Waals surface area (Å²) in [4.78, 5) is 17.5. The van der Waals surface area contributed by atoms with Gasteiger partial charge in [-0.25, -0.2) is 9.78 Å². The summed E-state index contributed by atoms with van der Waals surface area (Å²) in [7, 11) is 1.59. The Kier molecular flexibility index (Phi) is 4.43. The van der Waals surface area contributed by atoms with Crippen LogP contribution >= 0.6 is 11.3 Å². The molecule has 0 saturated heterocycles. The molecular formula is C17H17N3O2S. The van der Waals surface area contributed by atoms with Gasteiger partial charge < -0.3 is 15.4 Å². The maximum Gasteiger partial charge on any atom is 0.319 e. The van der Waals surface area contributed by atoms with Crippen molar-refractivity contribution in [3.8, 4) is 5.88 Å². The van der Waals surface area contributed by atoms with Crippen LogP contribution < -0.4 is 15.4 Å². The van der Waals surface area contributed by atoms with E-state index in [9.17, 15) is 4.79 Å². The van der Waals surface area contributed by atoms with Crippen LogP contribution in [0.4, 0.5) is 10.5 Å². The molecule has 0 aliphatic rings. The second-order valence-electron chi connectivity index (χ2n) is 5.10. The Morgan fingerprint density at radius 2 is 2.13 bits per heavy atom. The van der Waals surface area contributed by atoms with Crippen molar-refractivity contribution in [2.45, 2.75) is 13.5 Å². The summed E-state index contributed by atoms with van der Waals surface area (Å²) >= 11 is 1.64. The lowest BCUT2D eigenvalue weighted by Crippen LogP contribution is -2.28. The number of aryl methyl sites for hydroxylation is 1. The van der Waals surface area contributed by atoms with Crippen LogP contribution in [-0.4, -0.2) is 18.1 Å². The van der Waals surface area contributed by atoms with Crippen LogP contribution in [0.15, 0.2) is 41.8 Å². The number of aromatic nitrogens is 1. The van der Waals surface area contributed by atoms with E-state index in [0.717, 1.165) is 21.5 Å². The molecule has 3 aromatic rings. The molecule has 0 saturated carbocycles. The van der Waals surface area contributed by atoms with Crippen LogP contribution in [0.3, 0.4) is 0 Å². The van der Waals surface area contributed by atoms with Crippen molar-refractivity contribution in [1.29, 1.82) is 0 Å². The number of nitrogens with zero attached hydrogens (tertiary/aromatic N) is 1. The van der Waals surface area contributed by atoms with Crippen molar-refractivity contribution in [3.05, 3.63) is 52.2 Å². The second-order valence-corrected chi connectivity index (χ2v) is 6.10. The molecule has 6 heteroatoms. The van der Waals surface area contributed by atoms with Gasteiger partial charge in [0.1, 0.15) is 0 Å². The number of anilines is 1. The average molecular weight is 327 g/mol. The number of ether oxygens (including phenoxy) is 1. The third-order valence-electron chi connectivity index (χ3n) is 3.51. The number of carbonyl (C=O) groups excluding carboxylic acids is 1. The number of thiophene rings is 1. The number of methoxy groups -OCH3 is 1. The van der Waals surface area contributed by atoms with Gasteiger partial charge in [0.25, 0.3) is 0 Å². The van der Waals surface area contributed by atoms with E-state index in [1.807, 2.05) is 42.6 Å². The van der Waals surface area contributed by atoms with E-state index >= 15 is 0 Å². The maximum atomic E-state index is 12.0. The fourth-order valence-electron chi connectivity index (χ4n) is 2.22. The van der Waals surface area contributed by atoms with E-state index in [4.69, 9.17) is 4.74 Å². The number of benzene rings is 1. The lowest BCUT2D eigenvalue weighted by molar-refractivity contribution is 0.252. The number of hydrogen-bond donors (Lipinski definition) is 2. The summed E-state index contributed by atoms with van der Waals surface area (Å²) in [6.45, 7) is 2.57. The first-order valence-corrected chi connectivity index (χ1v) is 8.06. The van der Waals surface area contributed by atoms with Crippen molar-refractivity contribution in [2.24, 2.45) is 0 Å². The number of nitrogens with one attached hydrogen (secondary N) is 2. The quantitative estimate of drug-likeness (QED) is 0.763. The topological polar surface area (TPSA) is 63.2 Å². The van der Waals surface area contributed by atoms with Gasteiger partial charge in [-0.15, -0.1) is 11.3 Å². The summed E-state index contributed by atoms with van der Waals surface area (Å²) in [5, 5.41) is 8.67. The summed E-state index contributed by atoms with van der Waals surface area (Å²) in [5.74, 6) is 0.572. The largest absolute Gasteiger partial charge is 0.481 e. The third-order valence-corrected chi connectivity index (χ3v) is 4.53. The number of fused-ring (bicyclic) bond motifs is 1. The first-order valence-electron chi connectivity index (χ1n) is 7.18. The predicted molar refractivity (Wildman–Crippen MR) is 93.2 cm³/mol. The third kappa shape index (κ3) is 3.60. The van der Waals surface area contributed by atoms with Crippen LogP contribution in [0, 0.1) is 6.92 Å². The zero-order valence-electron chi connectivity index (χ0n) is 12.9. The highest BCUT2D eigenvalue weighted by Gasteiger charge is 2.06. The van der Waals surface area contributed by atoms with Gasteiger partial charge in [-0.1, -0.05) is 0 Å². The molecule has 118 valence electrons. The zero-order valence-corrected chi connectivity index (χ0v) is 13.7. The van der Waals surface area contributed by atoms with Crippen LogP contribution in [-0.2, 0) is 6.54 Å². The molecule has 2 aromatic heterocycles. The molecule has 0 aliphatic carbocycles. The lowest BCUT2D eigenvalue weighted by Gasteiger charge is -2.08. The van der Waals surface area contributed by atoms with Crippen molar-refractivity contribution in [3.63, 3.8) is 0 Å². The maximum absolute atomic E-state index is 12.0. The van der Waals surface area contributed by atoms with Gasteiger partial charge in [0.2, 0.25) is 5.88 Å². The molecule has 0 fully saturated rings. The molecule has 0 radical (unpaired) electrons. The molecule has 2 N–H and O–H groups in total. The van der Waals surface area contributed by atoms with E-state index < -0.39 is 0 Å². The first kappa shape index (κ1) is 15.3. The van der Waals surface area contributed by atoms with Crippen molar-refractivity contribution in [1.82, 2.24) is 10.3 Å². The second kappa shape index (κ2) is 6.66. The molecular weight excluding hydrogens is 310 g/mol. The Balaban J connectivity index is 1.66. The first-order chi connectivity index (χ1) is 11.2. The van der Waals surface area contributed by atoms with E-state index in [2.05, 4.69) is 15.6 Å². The molecule has 2 heterocycles. The zero-order chi connectivity index (χ0) is 16.2. The summed E-state index contributed by atoms with van der Waals surface area (Å²) in [6.07, 6.45) is 0. The number of rotatable bonds is 4. The van der Waals surface area contributed by atoms with E-state index in [1.54, 1.807) is 24.5 Å². The molecule has 5 nitrogen and oxygen atoms in total. The number of carbonyl (C=O) groups is 1. The van der Waals surface area contributed by atoms with Gasteiger partial charge in [-0.3, -0.25) is 0 Å². The Morgan fingerprint density at radius 3 is 2.87 bits per heavy atom. The predicted octanol–water partition coefficient (Wildman–Crippen LogP) is 3.94. The van der Waals surface area contributed by atoms with Crippen molar-refractivity contribution >= 4 is 34.0 Å². The van der Waals surface area contributed by atoms with Crippen LogP contribution in [0.25, 0.3) is 10.9 Å². The standard InChI is InChI=1S/C17H17N3O2S/c1-11-7-8-23-15(11)10-18-17(21)19-13-4-5-14-12(9-13)3-6-16(20-14)22-2/h3-9H,10H2,1-2H3,(H2,18,19,21). The number of urea groups is 1. The van der Waals surface area contributed by atoms with Gasteiger partial charge in [0, 0.05) is 22.0 Å². The molecule has 0 spiro atoms. The van der Waals surface area contributed by atoms with Crippen LogP contribution in [0.5, 0.6) is 5.88 Å². The molecule has 0 unspecified atom stereocenters. The summed E-state index contributed by atoms with van der Waals surface area (Å²) in [5.41, 5.74) is 2.75. The molecule has 0 aliphatic heterocycles. The minimum absolute atomic E-state index is 0.223. The lowest BCUT2D eigenvalue weighted by atomic mass is 10.2. The van der Waals surface area contributed by atoms with E-state index in [0.29, 0.717) is 12.4 Å². The molecule has 1 aromatic carbocycles. The number of amides is 2. The normalized spacial score (nSPS) is 10.5. The van der Waals surface area contributed by atoms with Crippen LogP contribution in [0.1, 0.15) is 10.4 Å². The number of pyridine rings is 1. The Morgan fingerprint density at radius 1 is 1.26 bits per heavy atom. The molecule has 23 heavy (non-hydrogen) atoms. The Hall–Kier alpha value is -2.60. The number of hydrogen-bond acceptors (Lipinski definition) is 4. The Labute approximate surface area is 138 Å². The van der Waals surface area contributed by atoms with Gasteiger partial charge in [-0.05, 0) is 48.2 Å². The molecule has 0 atom stereocenters. The van der Waals surface area contributed by atoms with E-state index in [1.165, 1.54) is 5.56 Å². The monoisotopic (exact) mass is 327 g/mol. The van der Waals surface area contributed by atoms with Crippen molar-refractivity contribution in [2.75, 3.05) is 12.4 Å². The molecule has 2 amide bonds.